The van der Waals surface area contributed by atoms with Gasteiger partial charge in [-0.05, 0) is 18.6 Å². The smallest absolute Gasteiger partial charge is 0.237 e. The van der Waals surface area contributed by atoms with Crippen LogP contribution in [0.15, 0.2) is 42.7 Å². The van der Waals surface area contributed by atoms with Crippen molar-refractivity contribution >= 4 is 0 Å². The van der Waals surface area contributed by atoms with Gasteiger partial charge in [0.15, 0.2) is 0 Å². The summed E-state index contributed by atoms with van der Waals surface area (Å²) in [6.45, 7) is 2.30. The van der Waals surface area contributed by atoms with E-state index >= 15 is 0 Å². The molecular weight excluding hydrogens is 352 g/mol. The highest BCUT2D eigenvalue weighted by Gasteiger charge is 2.15. The minimum Gasteiger partial charge on any atom is -0.237 e. The highest BCUT2D eigenvalue weighted by atomic mass is 15.1. The molecule has 2 nitrogen and oxygen atoms in total. The fourth-order valence-electron chi connectivity index (χ4n) is 4.28. The van der Waals surface area contributed by atoms with Crippen molar-refractivity contribution in [3.05, 3.63) is 48.5 Å². The van der Waals surface area contributed by atoms with E-state index in [0.717, 1.165) is 6.42 Å². The number of hydrogen-bond donors (Lipinski definition) is 0. The Hall–Kier alpha value is -1.57. The lowest BCUT2D eigenvalue weighted by atomic mass is 10.0. The molecule has 0 N–H and O–H groups in total. The molecule has 0 amide bonds. The summed E-state index contributed by atoms with van der Waals surface area (Å²) >= 11 is 0. The molecule has 162 valence electrons. The van der Waals surface area contributed by atoms with Crippen LogP contribution in [0.2, 0.25) is 0 Å². The molecule has 0 spiro atoms. The Bertz CT molecular complexity index is 629. The van der Waals surface area contributed by atoms with Crippen LogP contribution in [-0.2, 0) is 13.5 Å². The van der Waals surface area contributed by atoms with Crippen molar-refractivity contribution in [3.63, 3.8) is 0 Å². The number of benzene rings is 1. The standard InChI is InChI=1S/C27H45N2/c1-3-4-5-6-7-8-9-10-11-12-13-14-15-16-20-23-27-28(2)24-25-29(27)26-21-18-17-19-22-26/h17-19,21-22,24-25H,3-16,20,23H2,1-2H3/q+1. The molecule has 2 aromatic rings. The zero-order chi connectivity index (χ0) is 20.6. The number of para-hydroxylation sites is 1. The highest BCUT2D eigenvalue weighted by Crippen LogP contribution is 2.15. The Morgan fingerprint density at radius 3 is 1.66 bits per heavy atom. The number of aryl methyl sites for hydroxylation is 1. The van der Waals surface area contributed by atoms with E-state index in [1.807, 2.05) is 0 Å². The van der Waals surface area contributed by atoms with E-state index in [1.54, 1.807) is 0 Å². The van der Waals surface area contributed by atoms with Crippen molar-refractivity contribution < 1.29 is 4.57 Å². The molecular formula is C27H45N2+. The van der Waals surface area contributed by atoms with Gasteiger partial charge in [0.1, 0.15) is 18.1 Å². The maximum Gasteiger partial charge on any atom is 0.261 e. The van der Waals surface area contributed by atoms with Crippen LogP contribution >= 0.6 is 0 Å². The molecule has 0 saturated heterocycles. The average Bonchev–Trinajstić information content (AvgIpc) is 3.12. The molecule has 0 radical (unpaired) electrons. The summed E-state index contributed by atoms with van der Waals surface area (Å²) in [7, 11) is 2.17. The van der Waals surface area contributed by atoms with E-state index in [9.17, 15) is 0 Å². The van der Waals surface area contributed by atoms with Crippen molar-refractivity contribution in [1.82, 2.24) is 4.57 Å². The molecule has 0 aliphatic heterocycles. The SMILES string of the molecule is CCCCCCCCCCCCCCCCCc1n(-c2ccccc2)cc[n+]1C. The quantitative estimate of drug-likeness (QED) is 0.191. The summed E-state index contributed by atoms with van der Waals surface area (Å²) in [5, 5.41) is 0. The molecule has 0 fully saturated rings. The van der Waals surface area contributed by atoms with E-state index in [-0.39, 0.29) is 0 Å². The predicted octanol–water partition coefficient (Wildman–Crippen LogP) is 7.72. The number of rotatable bonds is 17. The molecule has 1 heterocycles. The van der Waals surface area contributed by atoms with E-state index in [0.29, 0.717) is 0 Å². The maximum absolute atomic E-state index is 2.34. The molecule has 0 saturated carbocycles. The average molecular weight is 398 g/mol. The first-order valence-electron chi connectivity index (χ1n) is 12.4. The van der Waals surface area contributed by atoms with E-state index in [2.05, 4.69) is 65.8 Å². The Balaban J connectivity index is 1.46. The van der Waals surface area contributed by atoms with Gasteiger partial charge < -0.3 is 0 Å². The molecule has 0 aliphatic rings. The van der Waals surface area contributed by atoms with Gasteiger partial charge in [0.05, 0.1) is 7.05 Å². The van der Waals surface area contributed by atoms with Gasteiger partial charge in [-0.25, -0.2) is 4.57 Å². The minimum absolute atomic E-state index is 1.16. The fourth-order valence-corrected chi connectivity index (χ4v) is 4.28. The van der Waals surface area contributed by atoms with Crippen LogP contribution in [0.3, 0.4) is 0 Å². The fraction of sp³-hybridized carbons (Fsp3) is 0.667. The predicted molar refractivity (Wildman–Crippen MR) is 126 cm³/mol. The van der Waals surface area contributed by atoms with Crippen LogP contribution in [0.5, 0.6) is 0 Å². The van der Waals surface area contributed by atoms with Crippen LogP contribution in [0.1, 0.15) is 109 Å². The Labute approximate surface area is 180 Å². The molecule has 0 atom stereocenters. The molecule has 1 aromatic carbocycles. The lowest BCUT2D eigenvalue weighted by Crippen LogP contribution is -2.31. The van der Waals surface area contributed by atoms with Crippen molar-refractivity contribution in [2.75, 3.05) is 0 Å². The summed E-state index contributed by atoms with van der Waals surface area (Å²) in [5.74, 6) is 1.41. The van der Waals surface area contributed by atoms with Crippen LogP contribution < -0.4 is 4.57 Å². The zero-order valence-corrected chi connectivity index (χ0v) is 19.2. The Morgan fingerprint density at radius 2 is 1.14 bits per heavy atom. The van der Waals surface area contributed by atoms with Crippen molar-refractivity contribution in [3.8, 4) is 5.69 Å². The van der Waals surface area contributed by atoms with Crippen molar-refractivity contribution in [1.29, 1.82) is 0 Å². The molecule has 1 aromatic heterocycles. The number of imidazole rings is 1. The minimum atomic E-state index is 1.16. The van der Waals surface area contributed by atoms with Gasteiger partial charge in [-0.15, -0.1) is 0 Å². The molecule has 0 unspecified atom stereocenters. The van der Waals surface area contributed by atoms with E-state index in [1.165, 1.54) is 108 Å². The van der Waals surface area contributed by atoms with Crippen molar-refractivity contribution in [2.24, 2.45) is 7.05 Å². The van der Waals surface area contributed by atoms with Gasteiger partial charge in [0.2, 0.25) is 0 Å². The number of nitrogens with zero attached hydrogens (tertiary/aromatic N) is 2. The third-order valence-corrected chi connectivity index (χ3v) is 6.16. The number of aromatic nitrogens is 2. The van der Waals surface area contributed by atoms with Gasteiger partial charge >= 0.3 is 0 Å². The topological polar surface area (TPSA) is 8.81 Å². The summed E-state index contributed by atoms with van der Waals surface area (Å²) in [6, 6.07) is 10.7. The summed E-state index contributed by atoms with van der Waals surface area (Å²) in [4.78, 5) is 0. The van der Waals surface area contributed by atoms with Crippen LogP contribution in [-0.4, -0.2) is 4.57 Å². The van der Waals surface area contributed by atoms with E-state index in [4.69, 9.17) is 0 Å². The third-order valence-electron chi connectivity index (χ3n) is 6.16. The van der Waals surface area contributed by atoms with Crippen molar-refractivity contribution in [2.45, 2.75) is 110 Å². The Morgan fingerprint density at radius 1 is 0.655 bits per heavy atom. The lowest BCUT2D eigenvalue weighted by Gasteiger charge is -2.04. The largest absolute Gasteiger partial charge is 0.261 e. The van der Waals surface area contributed by atoms with Gasteiger partial charge in [-0.3, -0.25) is 0 Å². The summed E-state index contributed by atoms with van der Waals surface area (Å²) in [6.07, 6.45) is 26.9. The van der Waals surface area contributed by atoms with E-state index < -0.39 is 0 Å². The molecule has 2 heteroatoms. The van der Waals surface area contributed by atoms with Crippen LogP contribution in [0, 0.1) is 0 Å². The lowest BCUT2D eigenvalue weighted by molar-refractivity contribution is -0.678. The number of hydrogen-bond acceptors (Lipinski definition) is 0. The molecule has 2 rings (SSSR count). The normalized spacial score (nSPS) is 11.2. The first-order valence-corrected chi connectivity index (χ1v) is 12.4. The second-order valence-corrected chi connectivity index (χ2v) is 8.73. The van der Waals surface area contributed by atoms with Gasteiger partial charge in [-0.2, -0.15) is 4.57 Å². The van der Waals surface area contributed by atoms with Crippen LogP contribution in [0.25, 0.3) is 5.69 Å². The van der Waals surface area contributed by atoms with Gasteiger partial charge in [0, 0.05) is 6.42 Å². The van der Waals surface area contributed by atoms with Crippen LogP contribution in [0.4, 0.5) is 0 Å². The second kappa shape index (κ2) is 15.3. The maximum atomic E-state index is 2.34. The third kappa shape index (κ3) is 9.65. The zero-order valence-electron chi connectivity index (χ0n) is 19.2. The Kier molecular flexibility index (Phi) is 12.5. The first-order chi connectivity index (χ1) is 14.3. The first kappa shape index (κ1) is 23.7. The second-order valence-electron chi connectivity index (χ2n) is 8.73. The monoisotopic (exact) mass is 397 g/mol. The summed E-state index contributed by atoms with van der Waals surface area (Å²) in [5.41, 5.74) is 1.27. The molecule has 0 aliphatic carbocycles. The van der Waals surface area contributed by atoms with Gasteiger partial charge in [-0.1, -0.05) is 115 Å². The highest BCUT2D eigenvalue weighted by molar-refractivity contribution is 5.31. The molecule has 0 bridgehead atoms. The summed E-state index contributed by atoms with van der Waals surface area (Å²) < 4.78 is 4.61. The van der Waals surface area contributed by atoms with Gasteiger partial charge in [0.25, 0.3) is 5.82 Å². The molecule has 29 heavy (non-hydrogen) atoms. The number of unbranched alkanes of at least 4 members (excludes halogenated alkanes) is 14.